The fraction of sp³-hybridized carbons (Fsp3) is 0.0952. The lowest BCUT2D eigenvalue weighted by Gasteiger charge is -2.14. The molecule has 4 aromatic rings. The van der Waals surface area contributed by atoms with E-state index in [9.17, 15) is 9.65 Å². The van der Waals surface area contributed by atoms with E-state index in [1.807, 2.05) is 36.0 Å². The van der Waals surface area contributed by atoms with Gasteiger partial charge in [-0.25, -0.2) is 9.37 Å². The molecule has 0 aliphatic heterocycles. The Hall–Kier alpha value is -3.63. The van der Waals surface area contributed by atoms with Crippen molar-refractivity contribution >= 4 is 39.6 Å². The Balaban J connectivity index is 1.71. The second-order valence-corrected chi connectivity index (χ2v) is 6.86. The first kappa shape index (κ1) is 18.7. The van der Waals surface area contributed by atoms with Crippen molar-refractivity contribution in [2.75, 3.05) is 10.6 Å². The van der Waals surface area contributed by atoms with Crippen molar-refractivity contribution in [3.8, 4) is 6.07 Å². The van der Waals surface area contributed by atoms with Crippen LogP contribution in [0.3, 0.4) is 0 Å². The van der Waals surface area contributed by atoms with E-state index in [-0.39, 0.29) is 5.02 Å². The van der Waals surface area contributed by atoms with Crippen LogP contribution in [0.5, 0.6) is 0 Å². The highest BCUT2D eigenvalue weighted by atomic mass is 35.5. The number of nitriles is 1. The monoisotopic (exact) mass is 406 g/mol. The van der Waals surface area contributed by atoms with Gasteiger partial charge in [-0.05, 0) is 36.4 Å². The first-order valence-corrected chi connectivity index (χ1v) is 9.18. The van der Waals surface area contributed by atoms with Gasteiger partial charge < -0.3 is 15.2 Å². The number of benzene rings is 2. The van der Waals surface area contributed by atoms with Crippen molar-refractivity contribution < 1.29 is 4.39 Å². The Kier molecular flexibility index (Phi) is 5.02. The van der Waals surface area contributed by atoms with Crippen molar-refractivity contribution in [2.24, 2.45) is 7.05 Å². The number of nitrogens with zero attached hydrogens (tertiary/aromatic N) is 4. The highest BCUT2D eigenvalue weighted by Crippen LogP contribution is 2.32. The molecule has 2 N–H and O–H groups in total. The van der Waals surface area contributed by atoms with Gasteiger partial charge in [0.15, 0.2) is 0 Å². The molecule has 0 saturated carbocycles. The predicted molar refractivity (Wildman–Crippen MR) is 112 cm³/mol. The molecule has 29 heavy (non-hydrogen) atoms. The lowest BCUT2D eigenvalue weighted by molar-refractivity contribution is 0.628. The molecule has 0 bridgehead atoms. The average Bonchev–Trinajstić information content (AvgIpc) is 3.14. The van der Waals surface area contributed by atoms with Crippen LogP contribution in [0.15, 0.2) is 55.0 Å². The number of nitrogens with one attached hydrogen (secondary N) is 2. The molecule has 2 heterocycles. The second-order valence-electron chi connectivity index (χ2n) is 6.45. The van der Waals surface area contributed by atoms with Crippen LogP contribution < -0.4 is 10.6 Å². The molecule has 0 aliphatic rings. The number of fused-ring (bicyclic) bond motifs is 1. The van der Waals surface area contributed by atoms with Crippen molar-refractivity contribution in [1.82, 2.24) is 14.5 Å². The molecule has 0 saturated heterocycles. The number of pyridine rings is 1. The van der Waals surface area contributed by atoms with Gasteiger partial charge in [-0.15, -0.1) is 0 Å². The molecule has 0 radical (unpaired) electrons. The SMILES string of the molecule is Cn1ccnc1CNc1ccc2ncc(C#N)c(Nc3ccc(F)c(Cl)c3)c2c1. The molecule has 0 spiro atoms. The maximum absolute atomic E-state index is 13.5. The van der Waals surface area contributed by atoms with Crippen LogP contribution in [0.2, 0.25) is 5.02 Å². The molecule has 2 aromatic carbocycles. The largest absolute Gasteiger partial charge is 0.378 e. The van der Waals surface area contributed by atoms with Crippen molar-refractivity contribution in [3.05, 3.63) is 77.2 Å². The first-order chi connectivity index (χ1) is 14.0. The summed E-state index contributed by atoms with van der Waals surface area (Å²) in [6.45, 7) is 0.552. The van der Waals surface area contributed by atoms with Gasteiger partial charge in [0, 0.05) is 42.4 Å². The summed E-state index contributed by atoms with van der Waals surface area (Å²) in [5.41, 5.74) is 3.12. The minimum atomic E-state index is -0.502. The Labute approximate surface area is 171 Å². The zero-order valence-corrected chi connectivity index (χ0v) is 16.2. The molecule has 0 aliphatic carbocycles. The van der Waals surface area contributed by atoms with Crippen LogP contribution in [0, 0.1) is 17.1 Å². The third-order valence-corrected chi connectivity index (χ3v) is 4.84. The van der Waals surface area contributed by atoms with Gasteiger partial charge >= 0.3 is 0 Å². The number of halogens is 2. The van der Waals surface area contributed by atoms with Crippen LogP contribution >= 0.6 is 11.6 Å². The number of hydrogen-bond acceptors (Lipinski definition) is 5. The third-order valence-electron chi connectivity index (χ3n) is 4.55. The zero-order valence-electron chi connectivity index (χ0n) is 15.4. The minimum absolute atomic E-state index is 0.00397. The van der Waals surface area contributed by atoms with E-state index in [0.29, 0.717) is 23.5 Å². The highest BCUT2D eigenvalue weighted by Gasteiger charge is 2.11. The van der Waals surface area contributed by atoms with Crippen LogP contribution in [0.1, 0.15) is 11.4 Å². The molecule has 0 fully saturated rings. The summed E-state index contributed by atoms with van der Waals surface area (Å²) >= 11 is 5.89. The number of aryl methyl sites for hydroxylation is 1. The first-order valence-electron chi connectivity index (χ1n) is 8.80. The van der Waals surface area contributed by atoms with Gasteiger partial charge in [-0.3, -0.25) is 4.98 Å². The Morgan fingerprint density at radius 3 is 2.72 bits per heavy atom. The van der Waals surface area contributed by atoms with Crippen LogP contribution in [0.25, 0.3) is 10.9 Å². The molecule has 6 nitrogen and oxygen atoms in total. The fourth-order valence-corrected chi connectivity index (χ4v) is 3.17. The quantitative estimate of drug-likeness (QED) is 0.488. The minimum Gasteiger partial charge on any atom is -0.378 e. The summed E-state index contributed by atoms with van der Waals surface area (Å²) in [6.07, 6.45) is 5.14. The van der Waals surface area contributed by atoms with E-state index in [2.05, 4.69) is 26.7 Å². The maximum Gasteiger partial charge on any atom is 0.141 e. The Morgan fingerprint density at radius 1 is 1.17 bits per heavy atom. The zero-order chi connectivity index (χ0) is 20.4. The summed E-state index contributed by atoms with van der Waals surface area (Å²) in [4.78, 5) is 8.66. The number of anilines is 3. The van der Waals surface area contributed by atoms with Gasteiger partial charge in [0.25, 0.3) is 0 Å². The summed E-state index contributed by atoms with van der Waals surface area (Å²) in [5.74, 6) is 0.395. The smallest absolute Gasteiger partial charge is 0.141 e. The molecule has 144 valence electrons. The van der Waals surface area contributed by atoms with Gasteiger partial charge in [0.05, 0.1) is 28.3 Å². The average molecular weight is 407 g/mol. The predicted octanol–water partition coefficient (Wildman–Crippen LogP) is 4.99. The number of aromatic nitrogens is 3. The molecule has 8 heteroatoms. The second kappa shape index (κ2) is 7.78. The molecule has 0 amide bonds. The van der Waals surface area contributed by atoms with E-state index in [0.717, 1.165) is 22.4 Å². The van der Waals surface area contributed by atoms with E-state index in [4.69, 9.17) is 11.6 Å². The van der Waals surface area contributed by atoms with Gasteiger partial charge in [-0.1, -0.05) is 11.6 Å². The third kappa shape index (κ3) is 3.84. The summed E-state index contributed by atoms with van der Waals surface area (Å²) in [7, 11) is 1.93. The van der Waals surface area contributed by atoms with Crippen molar-refractivity contribution in [1.29, 1.82) is 5.26 Å². The summed E-state index contributed by atoms with van der Waals surface area (Å²) in [6, 6.07) is 12.2. The summed E-state index contributed by atoms with van der Waals surface area (Å²) < 4.78 is 15.4. The molecular formula is C21H16ClFN6. The maximum atomic E-state index is 13.5. The normalized spacial score (nSPS) is 10.7. The number of imidazole rings is 1. The van der Waals surface area contributed by atoms with Crippen LogP contribution in [-0.2, 0) is 13.6 Å². The molecule has 0 atom stereocenters. The topological polar surface area (TPSA) is 78.6 Å². The molecular weight excluding hydrogens is 391 g/mol. The fourth-order valence-electron chi connectivity index (χ4n) is 2.99. The molecule has 2 aromatic heterocycles. The van der Waals surface area contributed by atoms with E-state index < -0.39 is 5.82 Å². The van der Waals surface area contributed by atoms with Crippen LogP contribution in [-0.4, -0.2) is 14.5 Å². The lowest BCUT2D eigenvalue weighted by atomic mass is 10.1. The van der Waals surface area contributed by atoms with Crippen molar-refractivity contribution in [2.45, 2.75) is 6.54 Å². The highest BCUT2D eigenvalue weighted by molar-refractivity contribution is 6.31. The Bertz CT molecular complexity index is 1240. The van der Waals surface area contributed by atoms with Crippen LogP contribution in [0.4, 0.5) is 21.5 Å². The van der Waals surface area contributed by atoms with E-state index >= 15 is 0 Å². The van der Waals surface area contributed by atoms with E-state index in [1.165, 1.54) is 18.3 Å². The van der Waals surface area contributed by atoms with Gasteiger partial charge in [0.2, 0.25) is 0 Å². The number of hydrogen-bond donors (Lipinski definition) is 2. The Morgan fingerprint density at radius 2 is 2.00 bits per heavy atom. The molecule has 4 rings (SSSR count). The van der Waals surface area contributed by atoms with Crippen molar-refractivity contribution in [3.63, 3.8) is 0 Å². The van der Waals surface area contributed by atoms with E-state index in [1.54, 1.807) is 12.3 Å². The number of rotatable bonds is 5. The summed E-state index contributed by atoms with van der Waals surface area (Å²) in [5, 5.41) is 16.8. The van der Waals surface area contributed by atoms with Gasteiger partial charge in [-0.2, -0.15) is 5.26 Å². The lowest BCUT2D eigenvalue weighted by Crippen LogP contribution is -2.05. The van der Waals surface area contributed by atoms with Gasteiger partial charge in [0.1, 0.15) is 17.7 Å². The standard InChI is InChI=1S/C21H16ClFN6/c1-29-7-6-25-20(29)12-26-14-3-5-19-16(8-14)21(13(10-24)11-27-19)28-15-2-4-18(23)17(22)9-15/h2-9,11,26H,12H2,1H3,(H,27,28). The molecule has 0 unspecified atom stereocenters.